The number of morpholine rings is 1. The fraction of sp³-hybridized carbons (Fsp3) is 0.333. The Morgan fingerprint density at radius 2 is 1.83 bits per heavy atom. The molecule has 6 heteroatoms. The molecule has 2 amide bonds. The average Bonchev–Trinajstić information content (AvgIpc) is 2.77. The Morgan fingerprint density at radius 3 is 2.60 bits per heavy atom. The van der Waals surface area contributed by atoms with Crippen LogP contribution in [0.5, 0.6) is 0 Å². The summed E-state index contributed by atoms with van der Waals surface area (Å²) in [5.41, 5.74) is 1.69. The minimum absolute atomic E-state index is 0.00302. The number of carbonyl (C=O) groups is 2. The number of nitrogens with zero attached hydrogens (tertiary/aromatic N) is 1. The van der Waals surface area contributed by atoms with Crippen LogP contribution in [0.2, 0.25) is 0 Å². The van der Waals surface area contributed by atoms with E-state index in [4.69, 9.17) is 4.74 Å². The monoisotopic (exact) mass is 408 g/mol. The fourth-order valence-electron chi connectivity index (χ4n) is 4.08. The van der Waals surface area contributed by atoms with Crippen molar-refractivity contribution in [1.82, 2.24) is 10.2 Å². The molecule has 0 bridgehead atoms. The molecule has 1 aliphatic heterocycles. The zero-order chi connectivity index (χ0) is 20.9. The van der Waals surface area contributed by atoms with E-state index in [1.165, 1.54) is 12.1 Å². The third-order valence-electron chi connectivity index (χ3n) is 5.63. The van der Waals surface area contributed by atoms with Gasteiger partial charge in [-0.1, -0.05) is 48.9 Å². The predicted octanol–water partition coefficient (Wildman–Crippen LogP) is 3.65. The van der Waals surface area contributed by atoms with E-state index >= 15 is 0 Å². The molecule has 0 spiro atoms. The summed E-state index contributed by atoms with van der Waals surface area (Å²) in [5, 5.41) is 2.90. The van der Waals surface area contributed by atoms with E-state index in [9.17, 15) is 14.0 Å². The van der Waals surface area contributed by atoms with Crippen molar-refractivity contribution < 1.29 is 18.7 Å². The third kappa shape index (κ3) is 4.70. The highest BCUT2D eigenvalue weighted by molar-refractivity contribution is 5.98. The SMILES string of the molecule is O=C(CN1C(=O)/C(=C\c2ccc(F)cc2)OC2CCCCC21)NCc1ccccc1. The van der Waals surface area contributed by atoms with Gasteiger partial charge in [0.25, 0.3) is 5.91 Å². The maximum atomic E-state index is 13.2. The standard InChI is InChI=1S/C24H25FN2O3/c25-19-12-10-17(11-13-19)14-22-24(29)27(20-8-4-5-9-21(20)30-22)16-23(28)26-15-18-6-2-1-3-7-18/h1-3,6-7,10-14,20-21H,4-5,8-9,15-16H2,(H,26,28)/b22-14+. The normalized spacial score (nSPS) is 22.4. The van der Waals surface area contributed by atoms with Crippen molar-refractivity contribution in [2.45, 2.75) is 44.4 Å². The van der Waals surface area contributed by atoms with Gasteiger partial charge in [0.05, 0.1) is 6.04 Å². The van der Waals surface area contributed by atoms with Gasteiger partial charge in [-0.15, -0.1) is 0 Å². The van der Waals surface area contributed by atoms with Crippen molar-refractivity contribution in [3.05, 3.63) is 77.3 Å². The number of rotatable bonds is 5. The zero-order valence-corrected chi connectivity index (χ0v) is 16.7. The third-order valence-corrected chi connectivity index (χ3v) is 5.63. The van der Waals surface area contributed by atoms with Crippen molar-refractivity contribution in [1.29, 1.82) is 0 Å². The van der Waals surface area contributed by atoms with Crippen LogP contribution in [0.15, 0.2) is 60.4 Å². The molecule has 2 fully saturated rings. The number of carbonyl (C=O) groups excluding carboxylic acids is 2. The van der Waals surface area contributed by atoms with E-state index < -0.39 is 0 Å². The predicted molar refractivity (Wildman–Crippen MR) is 112 cm³/mol. The fourth-order valence-corrected chi connectivity index (χ4v) is 4.08. The van der Waals surface area contributed by atoms with Crippen LogP contribution in [0.1, 0.15) is 36.8 Å². The van der Waals surface area contributed by atoms with Crippen LogP contribution in [-0.4, -0.2) is 35.4 Å². The largest absolute Gasteiger partial charge is 0.482 e. The molecule has 2 aliphatic rings. The number of fused-ring (bicyclic) bond motifs is 1. The van der Waals surface area contributed by atoms with E-state index in [2.05, 4.69) is 5.32 Å². The number of hydrogen-bond donors (Lipinski definition) is 1. The van der Waals surface area contributed by atoms with Gasteiger partial charge in [-0.2, -0.15) is 0 Å². The number of halogens is 1. The van der Waals surface area contributed by atoms with Crippen molar-refractivity contribution in [3.8, 4) is 0 Å². The Bertz CT molecular complexity index is 927. The Morgan fingerprint density at radius 1 is 1.10 bits per heavy atom. The molecular weight excluding hydrogens is 383 g/mol. The summed E-state index contributed by atoms with van der Waals surface area (Å²) >= 11 is 0. The van der Waals surface area contributed by atoms with Gasteiger partial charge in [-0.3, -0.25) is 9.59 Å². The highest BCUT2D eigenvalue weighted by atomic mass is 19.1. The molecule has 1 N–H and O–H groups in total. The molecule has 2 aromatic carbocycles. The zero-order valence-electron chi connectivity index (χ0n) is 16.7. The number of benzene rings is 2. The van der Waals surface area contributed by atoms with Crippen LogP contribution >= 0.6 is 0 Å². The second-order valence-electron chi connectivity index (χ2n) is 7.76. The van der Waals surface area contributed by atoms with E-state index in [1.54, 1.807) is 23.1 Å². The minimum atomic E-state index is -0.336. The van der Waals surface area contributed by atoms with E-state index in [0.29, 0.717) is 12.1 Å². The maximum absolute atomic E-state index is 13.2. The van der Waals surface area contributed by atoms with Crippen molar-refractivity contribution in [2.75, 3.05) is 6.54 Å². The summed E-state index contributed by atoms with van der Waals surface area (Å²) in [7, 11) is 0. The summed E-state index contributed by atoms with van der Waals surface area (Å²) < 4.78 is 19.2. The molecule has 1 aliphatic carbocycles. The molecule has 30 heavy (non-hydrogen) atoms. The van der Waals surface area contributed by atoms with Crippen LogP contribution in [0.4, 0.5) is 4.39 Å². The lowest BCUT2D eigenvalue weighted by Crippen LogP contribution is -2.57. The molecule has 0 radical (unpaired) electrons. The van der Waals surface area contributed by atoms with E-state index in [0.717, 1.165) is 31.2 Å². The molecule has 4 rings (SSSR count). The lowest BCUT2D eigenvalue weighted by Gasteiger charge is -2.44. The molecule has 5 nitrogen and oxygen atoms in total. The first-order valence-electron chi connectivity index (χ1n) is 10.4. The van der Waals surface area contributed by atoms with Crippen molar-refractivity contribution >= 4 is 17.9 Å². The smallest absolute Gasteiger partial charge is 0.289 e. The first-order valence-corrected chi connectivity index (χ1v) is 10.4. The molecule has 2 aromatic rings. The first kappa shape index (κ1) is 20.1. The number of nitrogens with one attached hydrogen (secondary N) is 1. The molecule has 2 atom stereocenters. The maximum Gasteiger partial charge on any atom is 0.289 e. The van der Waals surface area contributed by atoms with Gasteiger partial charge in [0.2, 0.25) is 5.91 Å². The van der Waals surface area contributed by atoms with Crippen LogP contribution < -0.4 is 5.32 Å². The van der Waals surface area contributed by atoms with Gasteiger partial charge in [-0.25, -0.2) is 4.39 Å². The van der Waals surface area contributed by atoms with Gasteiger partial charge in [0.15, 0.2) is 5.76 Å². The molecule has 156 valence electrons. The number of hydrogen-bond acceptors (Lipinski definition) is 3. The molecule has 2 unspecified atom stereocenters. The topological polar surface area (TPSA) is 58.6 Å². The lowest BCUT2D eigenvalue weighted by molar-refractivity contribution is -0.151. The van der Waals surface area contributed by atoms with Gasteiger partial charge in [0, 0.05) is 6.54 Å². The van der Waals surface area contributed by atoms with Crippen LogP contribution in [-0.2, 0) is 20.9 Å². The Labute approximate surface area is 175 Å². The second kappa shape index (κ2) is 9.11. The highest BCUT2D eigenvalue weighted by Gasteiger charge is 2.42. The summed E-state index contributed by atoms with van der Waals surface area (Å²) in [6.45, 7) is 0.418. The summed E-state index contributed by atoms with van der Waals surface area (Å²) in [5.74, 6) is -0.616. The Hall–Kier alpha value is -3.15. The van der Waals surface area contributed by atoms with Gasteiger partial charge in [-0.05, 0) is 48.6 Å². The van der Waals surface area contributed by atoms with Crippen molar-refractivity contribution in [3.63, 3.8) is 0 Å². The molecular formula is C24H25FN2O3. The average molecular weight is 408 g/mol. The lowest BCUT2D eigenvalue weighted by atomic mass is 9.89. The summed E-state index contributed by atoms with van der Waals surface area (Å²) in [4.78, 5) is 27.4. The first-order chi connectivity index (χ1) is 14.6. The van der Waals surface area contributed by atoms with E-state index in [-0.39, 0.29) is 42.1 Å². The summed E-state index contributed by atoms with van der Waals surface area (Å²) in [6.07, 6.45) is 5.23. The molecule has 1 saturated carbocycles. The van der Waals surface area contributed by atoms with Gasteiger partial charge >= 0.3 is 0 Å². The molecule has 1 heterocycles. The minimum Gasteiger partial charge on any atom is -0.482 e. The molecule has 0 aromatic heterocycles. The highest BCUT2D eigenvalue weighted by Crippen LogP contribution is 2.33. The van der Waals surface area contributed by atoms with Gasteiger partial charge < -0.3 is 15.0 Å². The number of ether oxygens (including phenoxy) is 1. The molecule has 1 saturated heterocycles. The Kier molecular flexibility index (Phi) is 6.12. The number of amides is 2. The van der Waals surface area contributed by atoms with Gasteiger partial charge in [0.1, 0.15) is 18.5 Å². The van der Waals surface area contributed by atoms with Crippen molar-refractivity contribution in [2.24, 2.45) is 0 Å². The van der Waals surface area contributed by atoms with Crippen LogP contribution in [0.25, 0.3) is 6.08 Å². The summed E-state index contributed by atoms with van der Waals surface area (Å²) in [6, 6.07) is 15.5. The quantitative estimate of drug-likeness (QED) is 0.769. The van der Waals surface area contributed by atoms with E-state index in [1.807, 2.05) is 30.3 Å². The Balaban J connectivity index is 1.49. The van der Waals surface area contributed by atoms with Crippen LogP contribution in [0, 0.1) is 5.82 Å². The second-order valence-corrected chi connectivity index (χ2v) is 7.76. The van der Waals surface area contributed by atoms with Crippen LogP contribution in [0.3, 0.4) is 0 Å².